The van der Waals surface area contributed by atoms with Gasteiger partial charge in [0, 0.05) is 12.6 Å². The first-order chi connectivity index (χ1) is 6.88. The largest absolute Gasteiger partial charge is 0.468 e. The first kappa shape index (κ1) is 12.4. The molecule has 1 heterocycles. The molecule has 88 valence electrons. The molecule has 1 aliphatic heterocycles. The van der Waals surface area contributed by atoms with Crippen LogP contribution in [0.25, 0.3) is 0 Å². The lowest BCUT2D eigenvalue weighted by Crippen LogP contribution is -2.54. The summed E-state index contributed by atoms with van der Waals surface area (Å²) < 4.78 is 29.2. The van der Waals surface area contributed by atoms with Crippen LogP contribution in [0.3, 0.4) is 0 Å². The number of hydrogen-bond acceptors (Lipinski definition) is 4. The molecular formula is C9H17NO4S. The Bertz CT molecular complexity index is 336. The topological polar surface area (TPSA) is 63.7 Å². The maximum absolute atomic E-state index is 11.7. The molecule has 1 rings (SSSR count). The molecule has 15 heavy (non-hydrogen) atoms. The van der Waals surface area contributed by atoms with Gasteiger partial charge in [0.15, 0.2) is 5.75 Å². The maximum atomic E-state index is 11.7. The van der Waals surface area contributed by atoms with Crippen molar-refractivity contribution in [3.05, 3.63) is 0 Å². The van der Waals surface area contributed by atoms with E-state index in [-0.39, 0.29) is 12.0 Å². The Balaban J connectivity index is 2.67. The number of hydrogen-bond donors (Lipinski definition) is 0. The molecule has 0 aromatic rings. The lowest BCUT2D eigenvalue weighted by atomic mass is 9.95. The van der Waals surface area contributed by atoms with E-state index in [1.165, 1.54) is 11.4 Å². The van der Waals surface area contributed by atoms with Gasteiger partial charge in [-0.25, -0.2) is 8.42 Å². The third kappa shape index (κ3) is 2.69. The summed E-state index contributed by atoms with van der Waals surface area (Å²) in [5.74, 6) is -0.970. The summed E-state index contributed by atoms with van der Waals surface area (Å²) in [6, 6.07) is 0.0413. The van der Waals surface area contributed by atoms with Crippen molar-refractivity contribution in [2.75, 3.05) is 19.4 Å². The predicted molar refractivity (Wildman–Crippen MR) is 55.8 cm³/mol. The predicted octanol–water partition coefficient (Wildman–Crippen LogP) is 0.220. The Morgan fingerprint density at radius 1 is 1.53 bits per heavy atom. The second-order valence-electron chi connectivity index (χ2n) is 4.04. The van der Waals surface area contributed by atoms with Crippen LogP contribution in [0.2, 0.25) is 0 Å². The number of rotatable bonds is 4. The molecule has 0 amide bonds. The zero-order chi connectivity index (χ0) is 11.6. The molecule has 0 saturated carbocycles. The molecule has 0 bridgehead atoms. The number of esters is 1. The highest BCUT2D eigenvalue weighted by Crippen LogP contribution is 2.27. The Hall–Kier alpha value is -0.620. The van der Waals surface area contributed by atoms with Crippen LogP contribution >= 0.6 is 0 Å². The summed E-state index contributed by atoms with van der Waals surface area (Å²) in [5, 5.41) is 0. The molecule has 5 nitrogen and oxygen atoms in total. The van der Waals surface area contributed by atoms with Gasteiger partial charge in [-0.05, 0) is 12.3 Å². The zero-order valence-electron chi connectivity index (χ0n) is 9.26. The number of carbonyl (C=O) groups is 1. The third-order valence-corrected chi connectivity index (χ3v) is 4.44. The summed E-state index contributed by atoms with van der Waals surface area (Å²) in [6.07, 6.45) is 0.873. The van der Waals surface area contributed by atoms with Gasteiger partial charge in [0.05, 0.1) is 7.11 Å². The van der Waals surface area contributed by atoms with E-state index >= 15 is 0 Å². The van der Waals surface area contributed by atoms with E-state index in [0.29, 0.717) is 6.54 Å². The van der Waals surface area contributed by atoms with Crippen molar-refractivity contribution in [2.24, 2.45) is 5.92 Å². The minimum atomic E-state index is -3.47. The van der Waals surface area contributed by atoms with E-state index in [9.17, 15) is 13.2 Å². The van der Waals surface area contributed by atoms with E-state index in [1.54, 1.807) is 0 Å². The van der Waals surface area contributed by atoms with E-state index < -0.39 is 21.7 Å². The first-order valence-electron chi connectivity index (χ1n) is 4.95. The molecule has 0 aromatic heterocycles. The van der Waals surface area contributed by atoms with Crippen LogP contribution in [-0.4, -0.2) is 44.1 Å². The van der Waals surface area contributed by atoms with Gasteiger partial charge < -0.3 is 4.74 Å². The van der Waals surface area contributed by atoms with E-state index in [2.05, 4.69) is 4.74 Å². The molecule has 1 fully saturated rings. The van der Waals surface area contributed by atoms with Crippen LogP contribution in [0, 0.1) is 5.92 Å². The van der Waals surface area contributed by atoms with E-state index in [1.807, 2.05) is 13.8 Å². The molecule has 6 heteroatoms. The highest BCUT2D eigenvalue weighted by Gasteiger charge is 2.40. The van der Waals surface area contributed by atoms with Crippen molar-refractivity contribution in [3.8, 4) is 0 Å². The van der Waals surface area contributed by atoms with Gasteiger partial charge in [0.1, 0.15) is 0 Å². The summed E-state index contributed by atoms with van der Waals surface area (Å²) in [5.41, 5.74) is 0. The minimum Gasteiger partial charge on any atom is -0.468 e. The summed E-state index contributed by atoms with van der Waals surface area (Å²) in [7, 11) is -2.28. The highest BCUT2D eigenvalue weighted by molar-refractivity contribution is 7.89. The average Bonchev–Trinajstić information content (AvgIpc) is 1.98. The maximum Gasteiger partial charge on any atom is 0.322 e. The fourth-order valence-corrected chi connectivity index (χ4v) is 3.41. The third-order valence-electron chi connectivity index (χ3n) is 2.67. The summed E-state index contributed by atoms with van der Waals surface area (Å²) in [4.78, 5) is 10.9. The molecular weight excluding hydrogens is 218 g/mol. The van der Waals surface area contributed by atoms with Crippen molar-refractivity contribution in [3.63, 3.8) is 0 Å². The van der Waals surface area contributed by atoms with Gasteiger partial charge in [0.2, 0.25) is 10.0 Å². The van der Waals surface area contributed by atoms with E-state index in [0.717, 1.165) is 6.42 Å². The van der Waals surface area contributed by atoms with Gasteiger partial charge in [-0.15, -0.1) is 0 Å². The van der Waals surface area contributed by atoms with Crippen LogP contribution in [-0.2, 0) is 19.6 Å². The van der Waals surface area contributed by atoms with Crippen LogP contribution in [0.5, 0.6) is 0 Å². The van der Waals surface area contributed by atoms with Crippen LogP contribution < -0.4 is 0 Å². The van der Waals surface area contributed by atoms with Gasteiger partial charge in [-0.1, -0.05) is 13.8 Å². The molecule has 0 aliphatic carbocycles. The number of nitrogens with zero attached hydrogens (tertiary/aromatic N) is 1. The fourth-order valence-electron chi connectivity index (χ4n) is 1.69. The van der Waals surface area contributed by atoms with Crippen LogP contribution in [0.1, 0.15) is 20.3 Å². The molecule has 0 spiro atoms. The SMILES string of the molecule is COC(=O)CS(=O)(=O)N1CCC1C(C)C. The van der Waals surface area contributed by atoms with Gasteiger partial charge in [0.25, 0.3) is 0 Å². The fraction of sp³-hybridized carbons (Fsp3) is 0.889. The van der Waals surface area contributed by atoms with E-state index in [4.69, 9.17) is 0 Å². The Morgan fingerprint density at radius 2 is 2.13 bits per heavy atom. The Morgan fingerprint density at radius 3 is 2.47 bits per heavy atom. The second-order valence-corrected chi connectivity index (χ2v) is 5.96. The average molecular weight is 235 g/mol. The van der Waals surface area contributed by atoms with Crippen molar-refractivity contribution in [1.29, 1.82) is 0 Å². The van der Waals surface area contributed by atoms with Crippen molar-refractivity contribution in [2.45, 2.75) is 26.3 Å². The molecule has 0 N–H and O–H groups in total. The zero-order valence-corrected chi connectivity index (χ0v) is 10.1. The molecule has 0 radical (unpaired) electrons. The van der Waals surface area contributed by atoms with Crippen LogP contribution in [0.15, 0.2) is 0 Å². The Labute approximate surface area is 90.4 Å². The lowest BCUT2D eigenvalue weighted by Gasteiger charge is -2.41. The molecule has 1 saturated heterocycles. The summed E-state index contributed by atoms with van der Waals surface area (Å²) >= 11 is 0. The molecule has 1 aliphatic rings. The quantitative estimate of drug-likeness (QED) is 0.654. The molecule has 1 atom stereocenters. The Kier molecular flexibility index (Phi) is 3.72. The first-order valence-corrected chi connectivity index (χ1v) is 6.55. The number of sulfonamides is 1. The molecule has 1 unspecified atom stereocenters. The van der Waals surface area contributed by atoms with Gasteiger partial charge >= 0.3 is 5.97 Å². The van der Waals surface area contributed by atoms with Crippen LogP contribution in [0.4, 0.5) is 0 Å². The summed E-state index contributed by atoms with van der Waals surface area (Å²) in [6.45, 7) is 4.47. The standard InChI is InChI=1S/C9H17NO4S/c1-7(2)8-4-5-10(8)15(12,13)6-9(11)14-3/h7-8H,4-6H2,1-3H3. The van der Waals surface area contributed by atoms with Crippen molar-refractivity contribution < 1.29 is 17.9 Å². The van der Waals surface area contributed by atoms with Gasteiger partial charge in [-0.2, -0.15) is 4.31 Å². The lowest BCUT2D eigenvalue weighted by molar-refractivity contribution is -0.137. The highest BCUT2D eigenvalue weighted by atomic mass is 32.2. The van der Waals surface area contributed by atoms with Gasteiger partial charge in [-0.3, -0.25) is 4.79 Å². The van der Waals surface area contributed by atoms with Crippen molar-refractivity contribution in [1.82, 2.24) is 4.31 Å². The normalized spacial score (nSPS) is 22.5. The van der Waals surface area contributed by atoms with Crippen molar-refractivity contribution >= 4 is 16.0 Å². The number of ether oxygens (including phenoxy) is 1. The molecule has 0 aromatic carbocycles. The minimum absolute atomic E-state index is 0.0413. The smallest absolute Gasteiger partial charge is 0.322 e. The monoisotopic (exact) mass is 235 g/mol. The second kappa shape index (κ2) is 4.49. The number of methoxy groups -OCH3 is 1. The number of carbonyl (C=O) groups excluding carboxylic acids is 1.